The molecule has 21 heavy (non-hydrogen) atoms. The van der Waals surface area contributed by atoms with E-state index in [-0.39, 0.29) is 0 Å². The average molecular weight is 309 g/mol. The second kappa shape index (κ2) is 5.01. The van der Waals surface area contributed by atoms with Gasteiger partial charge in [-0.05, 0) is 5.92 Å². The highest BCUT2D eigenvalue weighted by atomic mass is 19.2. The summed E-state index contributed by atoms with van der Waals surface area (Å²) < 4.78 is 81.3. The van der Waals surface area contributed by atoms with Crippen LogP contribution in [-0.2, 0) is 0 Å². The minimum Gasteiger partial charge on any atom is -0.504 e. The fourth-order valence-electron chi connectivity index (χ4n) is 1.90. The molecule has 2 N–H and O–H groups in total. The third-order valence-corrected chi connectivity index (χ3v) is 2.98. The van der Waals surface area contributed by atoms with E-state index in [9.17, 15) is 31.4 Å². The predicted molar refractivity (Wildman–Crippen MR) is 63.5 cm³/mol. The number of nitrogens with one attached hydrogen (secondary N) is 1. The molecule has 114 valence electrons. The van der Waals surface area contributed by atoms with Gasteiger partial charge in [-0.15, -0.1) is 0 Å². The number of aliphatic hydroxyl groups is 1. The topological polar surface area (TPSA) is 32.3 Å². The van der Waals surface area contributed by atoms with Crippen LogP contribution in [0, 0.1) is 29.2 Å². The summed E-state index contributed by atoms with van der Waals surface area (Å²) in [6.07, 6.45) is 0. The van der Waals surface area contributed by atoms with E-state index in [4.69, 9.17) is 0 Å². The second-order valence-corrected chi connectivity index (χ2v) is 4.68. The first-order valence-electron chi connectivity index (χ1n) is 5.80. The minimum absolute atomic E-state index is 0.397. The van der Waals surface area contributed by atoms with Gasteiger partial charge in [0.15, 0.2) is 34.9 Å². The number of anilines is 1. The van der Waals surface area contributed by atoms with E-state index < -0.39 is 63.5 Å². The van der Waals surface area contributed by atoms with Gasteiger partial charge in [0.2, 0.25) is 5.83 Å². The van der Waals surface area contributed by atoms with Crippen molar-refractivity contribution in [1.82, 2.24) is 0 Å². The maximum absolute atomic E-state index is 13.8. The maximum atomic E-state index is 13.8. The molecule has 1 aromatic carbocycles. The monoisotopic (exact) mass is 309 g/mol. The van der Waals surface area contributed by atoms with Crippen molar-refractivity contribution in [2.24, 2.45) is 5.92 Å². The first-order valence-corrected chi connectivity index (χ1v) is 5.80. The molecule has 0 fully saturated rings. The van der Waals surface area contributed by atoms with Crippen molar-refractivity contribution in [2.45, 2.75) is 13.8 Å². The fraction of sp³-hybridized carbons (Fsp3) is 0.231. The first-order chi connectivity index (χ1) is 9.68. The molecule has 0 amide bonds. The van der Waals surface area contributed by atoms with Crippen molar-refractivity contribution >= 4 is 11.5 Å². The van der Waals surface area contributed by atoms with E-state index in [1.165, 1.54) is 13.8 Å². The average Bonchev–Trinajstić information content (AvgIpc) is 2.53. The largest absolute Gasteiger partial charge is 0.504 e. The van der Waals surface area contributed by atoms with Gasteiger partial charge in [-0.1, -0.05) is 13.8 Å². The Morgan fingerprint density at radius 1 is 0.810 bits per heavy atom. The van der Waals surface area contributed by atoms with Crippen LogP contribution in [-0.4, -0.2) is 5.11 Å². The highest BCUT2D eigenvalue weighted by Crippen LogP contribution is 2.41. The number of fused-ring (bicyclic) bond motifs is 1. The first kappa shape index (κ1) is 15.3. The summed E-state index contributed by atoms with van der Waals surface area (Å²) in [5, 5.41) is 11.6. The van der Waals surface area contributed by atoms with E-state index in [1.807, 2.05) is 5.32 Å². The number of rotatable bonds is 1. The zero-order chi connectivity index (χ0) is 16.1. The SMILES string of the molecule is CC(C)C1=C(O)C(F)=C(F)c2c(F)c(F)c(F)c(F)c2N1. The molecule has 1 heterocycles. The van der Waals surface area contributed by atoms with Gasteiger partial charge in [0.05, 0.1) is 16.9 Å². The van der Waals surface area contributed by atoms with Gasteiger partial charge >= 0.3 is 0 Å². The standard InChI is InChI=1S/C13H9F6NO/c1-3(2)11-13(21)10(19)6(15)4-5(14)7(16)8(17)9(18)12(4)20-11/h3,20-21H,1-2H3. The molecule has 0 unspecified atom stereocenters. The molecule has 0 bridgehead atoms. The highest BCUT2D eigenvalue weighted by molar-refractivity contribution is 5.79. The van der Waals surface area contributed by atoms with E-state index in [0.29, 0.717) is 0 Å². The lowest BCUT2D eigenvalue weighted by atomic mass is 10.1. The predicted octanol–water partition coefficient (Wildman–Crippen LogP) is 4.70. The number of benzene rings is 1. The van der Waals surface area contributed by atoms with Gasteiger partial charge in [0, 0.05) is 0 Å². The maximum Gasteiger partial charge on any atom is 0.203 e. The number of hydrogen-bond donors (Lipinski definition) is 2. The van der Waals surface area contributed by atoms with Crippen LogP contribution in [0.1, 0.15) is 19.4 Å². The zero-order valence-corrected chi connectivity index (χ0v) is 10.8. The summed E-state index contributed by atoms with van der Waals surface area (Å²) >= 11 is 0. The Bertz CT molecular complexity index is 693. The Kier molecular flexibility index (Phi) is 3.65. The molecule has 0 saturated heterocycles. The summed E-state index contributed by atoms with van der Waals surface area (Å²) in [6, 6.07) is 0. The molecule has 1 aromatic rings. The van der Waals surface area contributed by atoms with Gasteiger partial charge in [0.25, 0.3) is 0 Å². The van der Waals surface area contributed by atoms with Crippen LogP contribution in [0.3, 0.4) is 0 Å². The van der Waals surface area contributed by atoms with E-state index in [0.717, 1.165) is 0 Å². The van der Waals surface area contributed by atoms with Crippen molar-refractivity contribution in [1.29, 1.82) is 0 Å². The molecular formula is C13H9F6NO. The van der Waals surface area contributed by atoms with Crippen LogP contribution >= 0.6 is 0 Å². The molecule has 0 aromatic heterocycles. The lowest BCUT2D eigenvalue weighted by molar-refractivity contribution is 0.374. The van der Waals surface area contributed by atoms with E-state index >= 15 is 0 Å². The van der Waals surface area contributed by atoms with Crippen molar-refractivity contribution < 1.29 is 31.4 Å². The Labute approximate surface area is 115 Å². The summed E-state index contributed by atoms with van der Waals surface area (Å²) in [4.78, 5) is 0. The van der Waals surface area contributed by atoms with Crippen LogP contribution in [0.4, 0.5) is 32.0 Å². The van der Waals surface area contributed by atoms with Gasteiger partial charge in [-0.3, -0.25) is 0 Å². The molecular weight excluding hydrogens is 300 g/mol. The summed E-state index contributed by atoms with van der Waals surface area (Å²) in [5.41, 5.74) is -2.97. The van der Waals surface area contributed by atoms with Crippen molar-refractivity contribution in [2.75, 3.05) is 5.32 Å². The summed E-state index contributed by atoms with van der Waals surface area (Å²) in [5.74, 6) is -14.3. The van der Waals surface area contributed by atoms with Crippen LogP contribution in [0.5, 0.6) is 0 Å². The van der Waals surface area contributed by atoms with Gasteiger partial charge in [0.1, 0.15) is 0 Å². The molecule has 0 spiro atoms. The summed E-state index contributed by atoms with van der Waals surface area (Å²) in [6.45, 7) is 2.87. The van der Waals surface area contributed by atoms with E-state index in [2.05, 4.69) is 0 Å². The summed E-state index contributed by atoms with van der Waals surface area (Å²) in [7, 11) is 0. The Morgan fingerprint density at radius 2 is 1.33 bits per heavy atom. The molecule has 0 aliphatic carbocycles. The van der Waals surface area contributed by atoms with Crippen LogP contribution < -0.4 is 5.32 Å². The van der Waals surface area contributed by atoms with E-state index in [1.54, 1.807) is 0 Å². The number of aliphatic hydroxyl groups excluding tert-OH is 1. The van der Waals surface area contributed by atoms with Gasteiger partial charge < -0.3 is 10.4 Å². The highest BCUT2D eigenvalue weighted by Gasteiger charge is 2.34. The molecule has 0 atom stereocenters. The smallest absolute Gasteiger partial charge is 0.203 e. The molecule has 2 nitrogen and oxygen atoms in total. The lowest BCUT2D eigenvalue weighted by Gasteiger charge is -2.16. The molecule has 2 rings (SSSR count). The van der Waals surface area contributed by atoms with Crippen molar-refractivity contribution in [3.8, 4) is 0 Å². The molecule has 1 aliphatic rings. The molecule has 8 heteroatoms. The zero-order valence-electron chi connectivity index (χ0n) is 10.8. The third-order valence-electron chi connectivity index (χ3n) is 2.98. The Hall–Kier alpha value is -2.12. The van der Waals surface area contributed by atoms with Crippen LogP contribution in [0.15, 0.2) is 17.3 Å². The number of allylic oxidation sites excluding steroid dienone is 2. The minimum atomic E-state index is -2.27. The molecule has 0 radical (unpaired) electrons. The van der Waals surface area contributed by atoms with Gasteiger partial charge in [-0.25, -0.2) is 22.0 Å². The fourth-order valence-corrected chi connectivity index (χ4v) is 1.90. The Balaban J connectivity index is 2.90. The van der Waals surface area contributed by atoms with Gasteiger partial charge in [-0.2, -0.15) is 4.39 Å². The van der Waals surface area contributed by atoms with Crippen molar-refractivity contribution in [3.05, 3.63) is 46.1 Å². The number of hydrogen-bond acceptors (Lipinski definition) is 2. The number of halogens is 6. The quantitative estimate of drug-likeness (QED) is 0.448. The second-order valence-electron chi connectivity index (χ2n) is 4.68. The molecule has 1 aliphatic heterocycles. The lowest BCUT2D eigenvalue weighted by Crippen LogP contribution is -2.13. The van der Waals surface area contributed by atoms with Crippen molar-refractivity contribution in [3.63, 3.8) is 0 Å². The third kappa shape index (κ3) is 2.14. The van der Waals surface area contributed by atoms with Crippen LogP contribution in [0.25, 0.3) is 5.83 Å². The Morgan fingerprint density at radius 3 is 1.86 bits per heavy atom. The normalized spacial score (nSPS) is 15.3. The molecule has 0 saturated carbocycles. The van der Waals surface area contributed by atoms with Crippen LogP contribution in [0.2, 0.25) is 0 Å².